The van der Waals surface area contributed by atoms with Gasteiger partial charge in [0.1, 0.15) is 6.29 Å². The molecule has 1 aliphatic rings. The van der Waals surface area contributed by atoms with Gasteiger partial charge in [-0.1, -0.05) is 6.08 Å². The van der Waals surface area contributed by atoms with Crippen molar-refractivity contribution in [1.29, 1.82) is 0 Å². The van der Waals surface area contributed by atoms with Gasteiger partial charge in [-0.3, -0.25) is 0 Å². The van der Waals surface area contributed by atoms with Crippen LogP contribution in [0.3, 0.4) is 0 Å². The largest absolute Gasteiger partial charge is 0.390 e. The molecular formula is C6H9NO. The third kappa shape index (κ3) is 1.09. The number of carbonyl (C=O) groups is 1. The van der Waals surface area contributed by atoms with Crippen LogP contribution in [-0.4, -0.2) is 12.8 Å². The van der Waals surface area contributed by atoms with E-state index in [-0.39, 0.29) is 5.92 Å². The zero-order valence-electron chi connectivity index (χ0n) is 4.63. The van der Waals surface area contributed by atoms with Gasteiger partial charge in [-0.15, -0.1) is 0 Å². The molecule has 0 aromatic carbocycles. The Morgan fingerprint density at radius 3 is 3.00 bits per heavy atom. The van der Waals surface area contributed by atoms with Crippen molar-refractivity contribution in [2.24, 2.45) is 5.92 Å². The van der Waals surface area contributed by atoms with Crippen molar-refractivity contribution in [3.05, 3.63) is 12.3 Å². The molecule has 0 bridgehead atoms. The van der Waals surface area contributed by atoms with Crippen LogP contribution in [0.5, 0.6) is 0 Å². The Bertz CT molecular complexity index is 109. The van der Waals surface area contributed by atoms with Crippen LogP contribution in [0, 0.1) is 5.92 Å². The molecule has 0 radical (unpaired) electrons. The highest BCUT2D eigenvalue weighted by atomic mass is 16.1. The molecule has 2 nitrogen and oxygen atoms in total. The van der Waals surface area contributed by atoms with Crippen molar-refractivity contribution >= 4 is 6.29 Å². The van der Waals surface area contributed by atoms with Crippen LogP contribution in [0.15, 0.2) is 12.3 Å². The van der Waals surface area contributed by atoms with Crippen molar-refractivity contribution in [2.75, 3.05) is 6.54 Å². The summed E-state index contributed by atoms with van der Waals surface area (Å²) in [5, 5.41) is 2.97. The predicted molar refractivity (Wildman–Crippen MR) is 31.3 cm³/mol. The van der Waals surface area contributed by atoms with E-state index in [1.54, 1.807) is 0 Å². The molecule has 1 N–H and O–H groups in total. The normalized spacial score (nSPS) is 26.8. The fourth-order valence-corrected chi connectivity index (χ4v) is 0.733. The van der Waals surface area contributed by atoms with Crippen molar-refractivity contribution < 1.29 is 4.79 Å². The SMILES string of the molecule is O=CC1CC=CNC1. The second kappa shape index (κ2) is 2.50. The van der Waals surface area contributed by atoms with Gasteiger partial charge in [0.25, 0.3) is 0 Å². The molecule has 0 aromatic heterocycles. The van der Waals surface area contributed by atoms with E-state index in [4.69, 9.17) is 0 Å². The van der Waals surface area contributed by atoms with Gasteiger partial charge in [0.2, 0.25) is 0 Å². The number of nitrogens with one attached hydrogen (secondary N) is 1. The molecular weight excluding hydrogens is 102 g/mol. The Morgan fingerprint density at radius 1 is 1.75 bits per heavy atom. The molecule has 0 fully saturated rings. The molecule has 0 amide bonds. The van der Waals surface area contributed by atoms with E-state index in [0.717, 1.165) is 19.3 Å². The molecule has 1 heterocycles. The Morgan fingerprint density at radius 2 is 2.62 bits per heavy atom. The maximum atomic E-state index is 10.1. The lowest BCUT2D eigenvalue weighted by Crippen LogP contribution is -2.22. The van der Waals surface area contributed by atoms with Crippen LogP contribution in [0.4, 0.5) is 0 Å². The van der Waals surface area contributed by atoms with Gasteiger partial charge in [-0.05, 0) is 12.6 Å². The van der Waals surface area contributed by atoms with Gasteiger partial charge >= 0.3 is 0 Å². The fraction of sp³-hybridized carbons (Fsp3) is 0.500. The van der Waals surface area contributed by atoms with E-state index in [9.17, 15) is 4.79 Å². The van der Waals surface area contributed by atoms with E-state index in [1.807, 2.05) is 12.3 Å². The first-order valence-corrected chi connectivity index (χ1v) is 2.77. The summed E-state index contributed by atoms with van der Waals surface area (Å²) < 4.78 is 0. The summed E-state index contributed by atoms with van der Waals surface area (Å²) in [6, 6.07) is 0. The summed E-state index contributed by atoms with van der Waals surface area (Å²) in [4.78, 5) is 10.1. The molecule has 1 atom stereocenters. The topological polar surface area (TPSA) is 29.1 Å². The first-order valence-electron chi connectivity index (χ1n) is 2.77. The summed E-state index contributed by atoms with van der Waals surface area (Å²) >= 11 is 0. The average molecular weight is 111 g/mol. The van der Waals surface area contributed by atoms with Crippen LogP contribution in [0.1, 0.15) is 6.42 Å². The van der Waals surface area contributed by atoms with Crippen LogP contribution in [-0.2, 0) is 4.79 Å². The maximum absolute atomic E-state index is 10.1. The molecule has 0 aromatic rings. The van der Waals surface area contributed by atoms with E-state index in [2.05, 4.69) is 5.32 Å². The zero-order valence-corrected chi connectivity index (χ0v) is 4.63. The summed E-state index contributed by atoms with van der Waals surface area (Å²) in [7, 11) is 0. The Balaban J connectivity index is 2.37. The second-order valence-electron chi connectivity index (χ2n) is 1.94. The van der Waals surface area contributed by atoms with E-state index >= 15 is 0 Å². The molecule has 1 rings (SSSR count). The van der Waals surface area contributed by atoms with Crippen LogP contribution >= 0.6 is 0 Å². The number of allylic oxidation sites excluding steroid dienone is 1. The highest BCUT2D eigenvalue weighted by molar-refractivity contribution is 5.54. The van der Waals surface area contributed by atoms with E-state index < -0.39 is 0 Å². The van der Waals surface area contributed by atoms with Gasteiger partial charge in [0, 0.05) is 12.5 Å². The average Bonchev–Trinajstić information content (AvgIpc) is 1.90. The highest BCUT2D eigenvalue weighted by Gasteiger charge is 2.05. The van der Waals surface area contributed by atoms with Gasteiger partial charge in [0.05, 0.1) is 0 Å². The first kappa shape index (κ1) is 5.35. The van der Waals surface area contributed by atoms with Gasteiger partial charge in [-0.25, -0.2) is 0 Å². The summed E-state index contributed by atoms with van der Waals surface area (Å²) in [5.41, 5.74) is 0. The first-order chi connectivity index (χ1) is 3.93. The number of hydrogen-bond acceptors (Lipinski definition) is 2. The van der Waals surface area contributed by atoms with Crippen LogP contribution in [0.2, 0.25) is 0 Å². The number of aldehydes is 1. The van der Waals surface area contributed by atoms with Gasteiger partial charge < -0.3 is 10.1 Å². The number of carbonyl (C=O) groups excluding carboxylic acids is 1. The molecule has 0 spiro atoms. The minimum Gasteiger partial charge on any atom is -0.390 e. The predicted octanol–water partition coefficient (Wildman–Crippen LogP) is 0.308. The van der Waals surface area contributed by atoms with E-state index in [0.29, 0.717) is 0 Å². The summed E-state index contributed by atoms with van der Waals surface area (Å²) in [5.74, 6) is 0.208. The van der Waals surface area contributed by atoms with Crippen molar-refractivity contribution in [1.82, 2.24) is 5.32 Å². The summed E-state index contributed by atoms with van der Waals surface area (Å²) in [6.45, 7) is 0.806. The van der Waals surface area contributed by atoms with Crippen LogP contribution in [0.25, 0.3) is 0 Å². The van der Waals surface area contributed by atoms with Crippen LogP contribution < -0.4 is 5.32 Å². The maximum Gasteiger partial charge on any atom is 0.125 e. The third-order valence-electron chi connectivity index (χ3n) is 1.25. The van der Waals surface area contributed by atoms with Crippen molar-refractivity contribution in [3.63, 3.8) is 0 Å². The standard InChI is InChI=1S/C6H9NO/c8-5-6-2-1-3-7-4-6/h1,3,5-7H,2,4H2. The fourth-order valence-electron chi connectivity index (χ4n) is 0.733. The monoisotopic (exact) mass is 111 g/mol. The number of hydrogen-bond donors (Lipinski definition) is 1. The van der Waals surface area contributed by atoms with Crippen molar-refractivity contribution in [2.45, 2.75) is 6.42 Å². The third-order valence-corrected chi connectivity index (χ3v) is 1.25. The lowest BCUT2D eigenvalue weighted by molar-refractivity contribution is -0.110. The summed E-state index contributed by atoms with van der Waals surface area (Å²) in [6.07, 6.45) is 5.76. The van der Waals surface area contributed by atoms with Gasteiger partial charge in [-0.2, -0.15) is 0 Å². The second-order valence-corrected chi connectivity index (χ2v) is 1.94. The minimum atomic E-state index is 0.208. The van der Waals surface area contributed by atoms with Crippen molar-refractivity contribution in [3.8, 4) is 0 Å². The highest BCUT2D eigenvalue weighted by Crippen LogP contribution is 2.01. The van der Waals surface area contributed by atoms with E-state index in [1.165, 1.54) is 0 Å². The quantitative estimate of drug-likeness (QED) is 0.493. The molecule has 44 valence electrons. The molecule has 0 saturated carbocycles. The Labute approximate surface area is 48.6 Å². The van der Waals surface area contributed by atoms with Gasteiger partial charge in [0.15, 0.2) is 0 Å². The molecule has 2 heteroatoms. The lowest BCUT2D eigenvalue weighted by Gasteiger charge is -2.11. The minimum absolute atomic E-state index is 0.208. The molecule has 0 aliphatic carbocycles. The zero-order chi connectivity index (χ0) is 5.82. The Kier molecular flexibility index (Phi) is 1.67. The lowest BCUT2D eigenvalue weighted by atomic mass is 10.1. The molecule has 1 unspecified atom stereocenters. The number of rotatable bonds is 1. The molecule has 8 heavy (non-hydrogen) atoms. The molecule has 0 saturated heterocycles. The Hall–Kier alpha value is -0.790. The molecule has 1 aliphatic heterocycles. The smallest absolute Gasteiger partial charge is 0.125 e.